The van der Waals surface area contributed by atoms with Crippen LogP contribution < -0.4 is 5.32 Å². The summed E-state index contributed by atoms with van der Waals surface area (Å²) in [5.41, 5.74) is 0. The van der Waals surface area contributed by atoms with Gasteiger partial charge in [-0.1, -0.05) is 116 Å². The second kappa shape index (κ2) is 27.1. The van der Waals surface area contributed by atoms with Crippen molar-refractivity contribution in [3.63, 3.8) is 0 Å². The highest BCUT2D eigenvalue weighted by Crippen LogP contribution is 2.23. The summed E-state index contributed by atoms with van der Waals surface area (Å²) in [6.07, 6.45) is 19.5. The molecule has 1 saturated heterocycles. The topological polar surface area (TPSA) is 149 Å². The molecule has 1 amide bonds. The van der Waals surface area contributed by atoms with E-state index in [0.717, 1.165) is 51.4 Å². The summed E-state index contributed by atoms with van der Waals surface area (Å²) in [6.45, 7) is 3.73. The van der Waals surface area contributed by atoms with E-state index in [1.165, 1.54) is 70.6 Å². The van der Waals surface area contributed by atoms with Gasteiger partial charge in [-0.25, -0.2) is 0 Å². The van der Waals surface area contributed by atoms with Crippen LogP contribution in [0.2, 0.25) is 0 Å². The molecule has 0 spiro atoms. The average molecular weight is 630 g/mol. The van der Waals surface area contributed by atoms with Gasteiger partial charge in [0.2, 0.25) is 5.91 Å². The standard InChI is InChI=1S/C35H67NO8/c1-3-5-7-9-11-12-13-14-15-16-17-19-21-23-25-31(39)36-28(29(38)24-22-20-18-10-8-6-4-2)27-43-35-34(42)33(41)32(40)30(26-37)44-35/h13-14,28-30,32-35,37-38,40-42H,3-12,15-27H2,1-2H3,(H,36,39)/b14-13-. The molecule has 1 aliphatic rings. The molecule has 0 radical (unpaired) electrons. The molecule has 0 aliphatic carbocycles. The summed E-state index contributed by atoms with van der Waals surface area (Å²) in [4.78, 5) is 12.8. The highest BCUT2D eigenvalue weighted by atomic mass is 16.7. The van der Waals surface area contributed by atoms with Gasteiger partial charge in [-0.15, -0.1) is 0 Å². The Morgan fingerprint density at radius 1 is 0.750 bits per heavy atom. The fraction of sp³-hybridized carbons (Fsp3) is 0.914. The van der Waals surface area contributed by atoms with Crippen LogP contribution in [0, 0.1) is 0 Å². The van der Waals surface area contributed by atoms with Crippen LogP contribution in [-0.2, 0) is 14.3 Å². The fourth-order valence-corrected chi connectivity index (χ4v) is 5.62. The fourth-order valence-electron chi connectivity index (χ4n) is 5.62. The highest BCUT2D eigenvalue weighted by Gasteiger charge is 2.44. The molecule has 7 atom stereocenters. The van der Waals surface area contributed by atoms with E-state index < -0.39 is 49.5 Å². The van der Waals surface area contributed by atoms with E-state index in [1.54, 1.807) is 0 Å². The lowest BCUT2D eigenvalue weighted by Gasteiger charge is -2.40. The zero-order chi connectivity index (χ0) is 32.4. The minimum absolute atomic E-state index is 0.141. The van der Waals surface area contributed by atoms with Crippen molar-refractivity contribution in [1.29, 1.82) is 0 Å². The number of ether oxygens (including phenoxy) is 2. The van der Waals surface area contributed by atoms with E-state index in [0.29, 0.717) is 12.8 Å². The number of hydrogen-bond donors (Lipinski definition) is 6. The van der Waals surface area contributed by atoms with E-state index in [9.17, 15) is 30.3 Å². The van der Waals surface area contributed by atoms with Gasteiger partial charge in [0.1, 0.15) is 24.4 Å². The molecule has 1 fully saturated rings. The van der Waals surface area contributed by atoms with Crippen molar-refractivity contribution in [1.82, 2.24) is 5.32 Å². The molecule has 7 unspecified atom stereocenters. The van der Waals surface area contributed by atoms with Crippen LogP contribution in [0.1, 0.15) is 149 Å². The summed E-state index contributed by atoms with van der Waals surface area (Å²) >= 11 is 0. The van der Waals surface area contributed by atoms with Crippen LogP contribution in [0.5, 0.6) is 0 Å². The molecule has 0 aromatic heterocycles. The van der Waals surface area contributed by atoms with Gasteiger partial charge in [0.25, 0.3) is 0 Å². The lowest BCUT2D eigenvalue weighted by atomic mass is 9.99. The number of carbonyl (C=O) groups excluding carboxylic acids is 1. The van der Waals surface area contributed by atoms with Crippen molar-refractivity contribution in [2.24, 2.45) is 0 Å². The predicted molar refractivity (Wildman–Crippen MR) is 175 cm³/mol. The lowest BCUT2D eigenvalue weighted by Crippen LogP contribution is -2.60. The third-order valence-corrected chi connectivity index (χ3v) is 8.62. The third-order valence-electron chi connectivity index (χ3n) is 8.62. The third kappa shape index (κ3) is 18.8. The number of aliphatic hydroxyl groups is 5. The number of carbonyl (C=O) groups is 1. The minimum Gasteiger partial charge on any atom is -0.394 e. The Morgan fingerprint density at radius 3 is 1.84 bits per heavy atom. The van der Waals surface area contributed by atoms with Gasteiger partial charge in [-0.2, -0.15) is 0 Å². The maximum atomic E-state index is 12.8. The smallest absolute Gasteiger partial charge is 0.220 e. The van der Waals surface area contributed by atoms with Gasteiger partial charge in [-0.05, 0) is 38.5 Å². The molecule has 44 heavy (non-hydrogen) atoms. The molecule has 0 saturated carbocycles. The van der Waals surface area contributed by atoms with Crippen molar-refractivity contribution in [3.8, 4) is 0 Å². The largest absolute Gasteiger partial charge is 0.394 e. The molecule has 6 N–H and O–H groups in total. The number of nitrogens with one attached hydrogen (secondary N) is 1. The van der Waals surface area contributed by atoms with E-state index in [2.05, 4.69) is 31.3 Å². The number of rotatable bonds is 28. The number of allylic oxidation sites excluding steroid dienone is 2. The first-order valence-corrected chi connectivity index (χ1v) is 17.9. The zero-order valence-corrected chi connectivity index (χ0v) is 27.9. The average Bonchev–Trinajstić information content (AvgIpc) is 3.02. The van der Waals surface area contributed by atoms with Gasteiger partial charge in [0, 0.05) is 6.42 Å². The van der Waals surface area contributed by atoms with Gasteiger partial charge in [0.15, 0.2) is 6.29 Å². The van der Waals surface area contributed by atoms with Crippen molar-refractivity contribution < 1.29 is 39.8 Å². The molecule has 1 rings (SSSR count). The molecular weight excluding hydrogens is 562 g/mol. The molecule has 9 heteroatoms. The van der Waals surface area contributed by atoms with Gasteiger partial charge in [-0.3, -0.25) is 4.79 Å². The van der Waals surface area contributed by atoms with Crippen LogP contribution in [0.4, 0.5) is 0 Å². The number of hydrogen-bond acceptors (Lipinski definition) is 8. The van der Waals surface area contributed by atoms with Crippen LogP contribution in [-0.4, -0.2) is 87.5 Å². The van der Waals surface area contributed by atoms with E-state index >= 15 is 0 Å². The first-order valence-electron chi connectivity index (χ1n) is 17.9. The maximum Gasteiger partial charge on any atom is 0.220 e. The first kappa shape index (κ1) is 41.0. The number of aliphatic hydroxyl groups excluding tert-OH is 5. The highest BCUT2D eigenvalue weighted by molar-refractivity contribution is 5.76. The zero-order valence-electron chi connectivity index (χ0n) is 27.9. The number of amides is 1. The molecular formula is C35H67NO8. The van der Waals surface area contributed by atoms with Gasteiger partial charge in [0.05, 0.1) is 25.4 Å². The Hall–Kier alpha value is -1.07. The Bertz CT molecular complexity index is 706. The van der Waals surface area contributed by atoms with Gasteiger partial charge < -0.3 is 40.3 Å². The van der Waals surface area contributed by atoms with Crippen LogP contribution in [0.15, 0.2) is 12.2 Å². The van der Waals surface area contributed by atoms with Crippen molar-refractivity contribution in [2.45, 2.75) is 192 Å². The van der Waals surface area contributed by atoms with E-state index in [1.807, 2.05) is 0 Å². The Kier molecular flexibility index (Phi) is 25.2. The summed E-state index contributed by atoms with van der Waals surface area (Å²) in [7, 11) is 0. The molecule has 260 valence electrons. The van der Waals surface area contributed by atoms with Crippen LogP contribution >= 0.6 is 0 Å². The molecule has 0 aromatic rings. The molecule has 9 nitrogen and oxygen atoms in total. The van der Waals surface area contributed by atoms with Crippen LogP contribution in [0.25, 0.3) is 0 Å². The van der Waals surface area contributed by atoms with Crippen molar-refractivity contribution in [3.05, 3.63) is 12.2 Å². The predicted octanol–water partition coefficient (Wildman–Crippen LogP) is 5.44. The normalized spacial score (nSPS) is 23.7. The molecule has 0 aromatic carbocycles. The summed E-state index contributed by atoms with van der Waals surface area (Å²) in [5.74, 6) is -0.159. The SMILES string of the molecule is CCCCCCC/C=C\CCCCCCCC(=O)NC(COC1OC(CO)C(O)C(O)C1O)C(O)CCCCCCCCC. The van der Waals surface area contributed by atoms with Crippen LogP contribution in [0.3, 0.4) is 0 Å². The quantitative estimate of drug-likeness (QED) is 0.0495. The Morgan fingerprint density at radius 2 is 1.27 bits per heavy atom. The minimum atomic E-state index is -1.55. The number of unbranched alkanes of at least 4 members (excludes halogenated alkanes) is 16. The second-order valence-electron chi connectivity index (χ2n) is 12.7. The van der Waals surface area contributed by atoms with Crippen molar-refractivity contribution in [2.75, 3.05) is 13.2 Å². The van der Waals surface area contributed by atoms with E-state index in [4.69, 9.17) is 9.47 Å². The van der Waals surface area contributed by atoms with E-state index in [-0.39, 0.29) is 12.5 Å². The molecule has 1 aliphatic heterocycles. The molecule has 0 bridgehead atoms. The first-order chi connectivity index (χ1) is 21.3. The summed E-state index contributed by atoms with van der Waals surface area (Å²) < 4.78 is 11.1. The van der Waals surface area contributed by atoms with Gasteiger partial charge >= 0.3 is 0 Å². The summed E-state index contributed by atoms with van der Waals surface area (Å²) in [5, 5.41) is 53.7. The second-order valence-corrected chi connectivity index (χ2v) is 12.7. The Labute approximate surface area is 267 Å². The molecule has 1 heterocycles. The lowest BCUT2D eigenvalue weighted by molar-refractivity contribution is -0.302. The Balaban J connectivity index is 2.42. The monoisotopic (exact) mass is 629 g/mol. The van der Waals surface area contributed by atoms with Crippen molar-refractivity contribution >= 4 is 5.91 Å². The summed E-state index contributed by atoms with van der Waals surface area (Å²) in [6, 6.07) is -0.714. The maximum absolute atomic E-state index is 12.8.